The Hall–Kier alpha value is -1.82. The lowest BCUT2D eigenvalue weighted by Gasteiger charge is -2.20. The van der Waals surface area contributed by atoms with Crippen LogP contribution < -0.4 is 4.72 Å². The molecule has 0 aromatic heterocycles. The molecule has 20 heavy (non-hydrogen) atoms. The minimum absolute atomic E-state index is 0.463. The van der Waals surface area contributed by atoms with Crippen LogP contribution in [0.25, 0.3) is 6.08 Å². The topological polar surface area (TPSA) is 83.5 Å². The van der Waals surface area contributed by atoms with Crippen LogP contribution in [0.2, 0.25) is 0 Å². The van der Waals surface area contributed by atoms with Crippen LogP contribution in [0.15, 0.2) is 24.3 Å². The SMILES string of the molecule is Cc1cc(NS(=O)(=O)C(C)(C)C)ccc1C=CC(=O)O. The van der Waals surface area contributed by atoms with Crippen molar-refractivity contribution in [3.8, 4) is 0 Å². The zero-order valence-corrected chi connectivity index (χ0v) is 12.8. The maximum atomic E-state index is 12.0. The van der Waals surface area contributed by atoms with Crippen LogP contribution in [0, 0.1) is 6.92 Å². The normalized spacial score (nSPS) is 12.6. The summed E-state index contributed by atoms with van der Waals surface area (Å²) in [4.78, 5) is 10.5. The molecule has 0 aliphatic carbocycles. The molecule has 0 unspecified atom stereocenters. The fourth-order valence-corrected chi connectivity index (χ4v) is 2.14. The molecule has 2 N–H and O–H groups in total. The summed E-state index contributed by atoms with van der Waals surface area (Å²) in [6.07, 6.45) is 2.51. The Bertz CT molecular complexity index is 640. The van der Waals surface area contributed by atoms with Gasteiger partial charge in [-0.15, -0.1) is 0 Å². The van der Waals surface area contributed by atoms with Gasteiger partial charge in [-0.1, -0.05) is 6.07 Å². The van der Waals surface area contributed by atoms with Crippen LogP contribution in [-0.2, 0) is 14.8 Å². The number of carbonyl (C=O) groups is 1. The number of anilines is 1. The zero-order chi connectivity index (χ0) is 15.6. The van der Waals surface area contributed by atoms with Gasteiger partial charge in [0.05, 0.1) is 4.75 Å². The molecule has 0 atom stereocenters. The minimum Gasteiger partial charge on any atom is -0.478 e. The zero-order valence-electron chi connectivity index (χ0n) is 12.0. The average Bonchev–Trinajstić information content (AvgIpc) is 2.25. The third-order valence-corrected chi connectivity index (χ3v) is 4.85. The number of aryl methyl sites for hydroxylation is 1. The van der Waals surface area contributed by atoms with Gasteiger partial charge >= 0.3 is 5.97 Å². The van der Waals surface area contributed by atoms with Crippen molar-refractivity contribution in [1.82, 2.24) is 0 Å². The van der Waals surface area contributed by atoms with Crippen LogP contribution in [0.4, 0.5) is 5.69 Å². The number of rotatable bonds is 4. The van der Waals surface area contributed by atoms with E-state index >= 15 is 0 Å². The summed E-state index contributed by atoms with van der Waals surface area (Å²) in [6.45, 7) is 6.64. The van der Waals surface area contributed by atoms with E-state index in [0.29, 0.717) is 5.69 Å². The third kappa shape index (κ3) is 4.09. The third-order valence-electron chi connectivity index (χ3n) is 2.73. The molecule has 0 bridgehead atoms. The standard InChI is InChI=1S/C14H19NO4S/c1-10-9-12(15-20(18,19)14(2,3)4)7-5-11(10)6-8-13(16)17/h5-9,15H,1-4H3,(H,16,17). The predicted molar refractivity (Wildman–Crippen MR) is 80.1 cm³/mol. The summed E-state index contributed by atoms with van der Waals surface area (Å²) in [5, 5.41) is 8.58. The Labute approximate surface area is 119 Å². The molecule has 0 spiro atoms. The van der Waals surface area contributed by atoms with E-state index in [9.17, 15) is 13.2 Å². The van der Waals surface area contributed by atoms with Gasteiger partial charge in [0.25, 0.3) is 0 Å². The number of hydrogen-bond donors (Lipinski definition) is 2. The highest BCUT2D eigenvalue weighted by atomic mass is 32.2. The monoisotopic (exact) mass is 297 g/mol. The number of benzene rings is 1. The molecular weight excluding hydrogens is 278 g/mol. The number of aliphatic carboxylic acids is 1. The van der Waals surface area contributed by atoms with Gasteiger partial charge in [-0.25, -0.2) is 13.2 Å². The van der Waals surface area contributed by atoms with E-state index in [1.54, 1.807) is 45.9 Å². The van der Waals surface area contributed by atoms with Crippen molar-refractivity contribution >= 4 is 27.8 Å². The van der Waals surface area contributed by atoms with Crippen molar-refractivity contribution < 1.29 is 18.3 Å². The van der Waals surface area contributed by atoms with E-state index in [2.05, 4.69) is 4.72 Å². The van der Waals surface area contributed by atoms with Crippen molar-refractivity contribution in [1.29, 1.82) is 0 Å². The predicted octanol–water partition coefficient (Wildman–Crippen LogP) is 2.63. The van der Waals surface area contributed by atoms with Gasteiger partial charge in [0.15, 0.2) is 0 Å². The van der Waals surface area contributed by atoms with E-state index in [1.807, 2.05) is 0 Å². The highest BCUT2D eigenvalue weighted by Gasteiger charge is 2.28. The molecule has 6 heteroatoms. The molecule has 0 aliphatic rings. The lowest BCUT2D eigenvalue weighted by molar-refractivity contribution is -0.131. The second-order valence-corrected chi connectivity index (χ2v) is 7.90. The summed E-state index contributed by atoms with van der Waals surface area (Å²) < 4.78 is 25.7. The van der Waals surface area contributed by atoms with Crippen molar-refractivity contribution in [2.24, 2.45) is 0 Å². The Morgan fingerprint density at radius 3 is 2.35 bits per heavy atom. The quantitative estimate of drug-likeness (QED) is 0.837. The summed E-state index contributed by atoms with van der Waals surface area (Å²) in [7, 11) is -3.47. The average molecular weight is 297 g/mol. The van der Waals surface area contributed by atoms with Gasteiger partial charge in [0.2, 0.25) is 10.0 Å². The van der Waals surface area contributed by atoms with E-state index in [-0.39, 0.29) is 0 Å². The highest BCUT2D eigenvalue weighted by Crippen LogP contribution is 2.22. The number of carboxylic acids is 1. The van der Waals surface area contributed by atoms with Crippen LogP contribution in [0.1, 0.15) is 31.9 Å². The number of nitrogens with one attached hydrogen (secondary N) is 1. The molecule has 0 radical (unpaired) electrons. The summed E-state index contributed by atoms with van der Waals surface area (Å²) in [6, 6.07) is 4.96. The number of hydrogen-bond acceptors (Lipinski definition) is 3. The molecule has 0 aliphatic heterocycles. The largest absolute Gasteiger partial charge is 0.478 e. The van der Waals surface area contributed by atoms with Gasteiger partial charge in [0.1, 0.15) is 0 Å². The van der Waals surface area contributed by atoms with Crippen molar-refractivity contribution in [3.05, 3.63) is 35.4 Å². The van der Waals surface area contributed by atoms with E-state index in [0.717, 1.165) is 17.2 Å². The summed E-state index contributed by atoms with van der Waals surface area (Å²) >= 11 is 0. The molecule has 110 valence electrons. The molecule has 0 saturated carbocycles. The maximum absolute atomic E-state index is 12.0. The molecular formula is C14H19NO4S. The molecule has 0 heterocycles. The molecule has 1 aromatic rings. The molecule has 0 fully saturated rings. The Morgan fingerprint density at radius 2 is 1.90 bits per heavy atom. The van der Waals surface area contributed by atoms with Crippen molar-refractivity contribution in [3.63, 3.8) is 0 Å². The Morgan fingerprint density at radius 1 is 1.30 bits per heavy atom. The maximum Gasteiger partial charge on any atom is 0.328 e. The van der Waals surface area contributed by atoms with Gasteiger partial charge in [-0.3, -0.25) is 4.72 Å². The van der Waals surface area contributed by atoms with Gasteiger partial charge < -0.3 is 5.11 Å². The number of sulfonamides is 1. The van der Waals surface area contributed by atoms with Gasteiger partial charge in [-0.05, 0) is 57.0 Å². The first-order chi connectivity index (χ1) is 9.03. The lowest BCUT2D eigenvalue weighted by Crippen LogP contribution is -2.33. The first-order valence-electron chi connectivity index (χ1n) is 6.07. The molecule has 0 saturated heterocycles. The van der Waals surface area contributed by atoms with E-state index in [1.165, 1.54) is 6.08 Å². The highest BCUT2D eigenvalue weighted by molar-refractivity contribution is 7.94. The smallest absolute Gasteiger partial charge is 0.328 e. The fraction of sp³-hybridized carbons (Fsp3) is 0.357. The van der Waals surface area contributed by atoms with Crippen molar-refractivity contribution in [2.45, 2.75) is 32.4 Å². The van der Waals surface area contributed by atoms with Crippen molar-refractivity contribution in [2.75, 3.05) is 4.72 Å². The van der Waals surface area contributed by atoms with Crippen LogP contribution in [0.5, 0.6) is 0 Å². The van der Waals surface area contributed by atoms with Gasteiger partial charge in [-0.2, -0.15) is 0 Å². The second kappa shape index (κ2) is 5.66. The first-order valence-corrected chi connectivity index (χ1v) is 7.55. The molecule has 0 amide bonds. The minimum atomic E-state index is -3.47. The van der Waals surface area contributed by atoms with Crippen LogP contribution in [0.3, 0.4) is 0 Å². The van der Waals surface area contributed by atoms with E-state index in [4.69, 9.17) is 5.11 Å². The van der Waals surface area contributed by atoms with Gasteiger partial charge in [0, 0.05) is 11.8 Å². The molecule has 1 aromatic carbocycles. The first kappa shape index (κ1) is 16.2. The Balaban J connectivity index is 3.03. The van der Waals surface area contributed by atoms with Crippen LogP contribution in [-0.4, -0.2) is 24.2 Å². The molecule has 5 nitrogen and oxygen atoms in total. The lowest BCUT2D eigenvalue weighted by atomic mass is 10.1. The van der Waals surface area contributed by atoms with Crippen LogP contribution >= 0.6 is 0 Å². The van der Waals surface area contributed by atoms with E-state index < -0.39 is 20.7 Å². The summed E-state index contributed by atoms with van der Waals surface area (Å²) in [5.74, 6) is -1.03. The second-order valence-electron chi connectivity index (χ2n) is 5.46. The fourth-order valence-electron chi connectivity index (χ4n) is 1.40. The number of carboxylic acid groups (broad SMARTS) is 1. The molecule has 1 rings (SSSR count). The Kier molecular flexibility index (Phi) is 4.60. The summed E-state index contributed by atoms with van der Waals surface area (Å²) in [5.41, 5.74) is 1.98.